The number of hydrogen-bond acceptors (Lipinski definition) is 5. The van der Waals surface area contributed by atoms with E-state index in [1.807, 2.05) is 0 Å². The quantitative estimate of drug-likeness (QED) is 0.833. The Hall–Kier alpha value is -1.07. The van der Waals surface area contributed by atoms with E-state index in [2.05, 4.69) is 26.7 Å². The average Bonchev–Trinajstić information content (AvgIpc) is 2.78. The molecule has 1 aromatic rings. The Morgan fingerprint density at radius 3 is 3.11 bits per heavy atom. The Bertz CT molecular complexity index is 452. The van der Waals surface area contributed by atoms with Crippen LogP contribution in [0.25, 0.3) is 0 Å². The summed E-state index contributed by atoms with van der Waals surface area (Å²) in [5.41, 5.74) is 5.67. The van der Waals surface area contributed by atoms with Gasteiger partial charge in [0, 0.05) is 25.2 Å². The van der Waals surface area contributed by atoms with Crippen LogP contribution in [0.4, 0.5) is 11.8 Å². The van der Waals surface area contributed by atoms with Crippen LogP contribution in [0.2, 0.25) is 5.02 Å². The molecule has 0 aliphatic carbocycles. The zero-order valence-electron chi connectivity index (χ0n) is 10.5. The van der Waals surface area contributed by atoms with Crippen molar-refractivity contribution in [3.63, 3.8) is 0 Å². The first-order chi connectivity index (χ1) is 8.65. The second kappa shape index (κ2) is 4.55. The number of halogens is 1. The zero-order chi connectivity index (χ0) is 12.7. The molecule has 98 valence electrons. The number of nitrogens with two attached hydrogens (primary N) is 1. The molecule has 2 aliphatic heterocycles. The maximum atomic E-state index is 6.20. The largest absolute Gasteiger partial charge is 0.368 e. The van der Waals surface area contributed by atoms with Crippen LogP contribution in [0.15, 0.2) is 6.20 Å². The predicted octanol–water partition coefficient (Wildman–Crippen LogP) is 1.39. The van der Waals surface area contributed by atoms with Crippen molar-refractivity contribution in [1.29, 1.82) is 0 Å². The summed E-state index contributed by atoms with van der Waals surface area (Å²) < 4.78 is 0. The van der Waals surface area contributed by atoms with E-state index in [9.17, 15) is 0 Å². The lowest BCUT2D eigenvalue weighted by molar-refractivity contribution is 0.202. The number of piperazine rings is 1. The lowest BCUT2D eigenvalue weighted by Gasteiger charge is -2.43. The number of aromatic nitrogens is 2. The molecule has 2 saturated heterocycles. The highest BCUT2D eigenvalue weighted by atomic mass is 35.5. The number of nitrogen functional groups attached to an aromatic ring is 1. The van der Waals surface area contributed by atoms with Gasteiger partial charge < -0.3 is 10.6 Å². The highest BCUT2D eigenvalue weighted by Gasteiger charge is 2.35. The van der Waals surface area contributed by atoms with Gasteiger partial charge in [-0.2, -0.15) is 4.98 Å². The third-order valence-corrected chi connectivity index (χ3v) is 4.22. The van der Waals surface area contributed by atoms with Gasteiger partial charge in [0.25, 0.3) is 0 Å². The number of hydrogen-bond donors (Lipinski definition) is 1. The third kappa shape index (κ3) is 2.01. The molecule has 0 aromatic carbocycles. The van der Waals surface area contributed by atoms with E-state index in [1.54, 1.807) is 6.20 Å². The van der Waals surface area contributed by atoms with Crippen molar-refractivity contribution in [1.82, 2.24) is 14.9 Å². The van der Waals surface area contributed by atoms with Crippen LogP contribution in [0, 0.1) is 0 Å². The second-order valence-corrected chi connectivity index (χ2v) is 5.60. The molecule has 2 fully saturated rings. The van der Waals surface area contributed by atoms with Crippen molar-refractivity contribution in [3.05, 3.63) is 11.2 Å². The fourth-order valence-corrected chi connectivity index (χ4v) is 3.25. The van der Waals surface area contributed by atoms with Crippen LogP contribution in [-0.2, 0) is 0 Å². The molecule has 1 aromatic heterocycles. The minimum atomic E-state index is 0.287. The van der Waals surface area contributed by atoms with Crippen LogP contribution in [0.3, 0.4) is 0 Å². The number of nitrogens with zero attached hydrogens (tertiary/aromatic N) is 4. The first kappa shape index (κ1) is 12.0. The van der Waals surface area contributed by atoms with Gasteiger partial charge in [-0.15, -0.1) is 0 Å². The fourth-order valence-electron chi connectivity index (χ4n) is 3.06. The van der Waals surface area contributed by atoms with Crippen LogP contribution in [0.1, 0.15) is 19.8 Å². The second-order valence-electron chi connectivity index (χ2n) is 5.19. The average molecular weight is 268 g/mol. The van der Waals surface area contributed by atoms with Crippen molar-refractivity contribution in [3.8, 4) is 0 Å². The molecule has 0 amide bonds. The van der Waals surface area contributed by atoms with E-state index in [4.69, 9.17) is 17.3 Å². The van der Waals surface area contributed by atoms with Crippen LogP contribution in [-0.4, -0.2) is 46.6 Å². The van der Waals surface area contributed by atoms with E-state index >= 15 is 0 Å². The van der Waals surface area contributed by atoms with Gasteiger partial charge in [-0.1, -0.05) is 11.6 Å². The Morgan fingerprint density at radius 1 is 1.44 bits per heavy atom. The molecule has 2 aliphatic rings. The van der Waals surface area contributed by atoms with Gasteiger partial charge in [0.2, 0.25) is 5.95 Å². The van der Waals surface area contributed by atoms with E-state index in [0.29, 0.717) is 17.1 Å². The molecule has 0 radical (unpaired) electrons. The van der Waals surface area contributed by atoms with E-state index < -0.39 is 0 Å². The van der Waals surface area contributed by atoms with Gasteiger partial charge in [-0.25, -0.2) is 4.98 Å². The van der Waals surface area contributed by atoms with Crippen molar-refractivity contribution < 1.29 is 0 Å². The molecule has 2 N–H and O–H groups in total. The van der Waals surface area contributed by atoms with Crippen molar-refractivity contribution in [2.75, 3.05) is 30.3 Å². The van der Waals surface area contributed by atoms with Crippen molar-refractivity contribution in [2.45, 2.75) is 31.8 Å². The Kier molecular flexibility index (Phi) is 3.03. The lowest BCUT2D eigenvalue weighted by atomic mass is 10.1. The van der Waals surface area contributed by atoms with Gasteiger partial charge in [0.15, 0.2) is 5.82 Å². The molecule has 6 heteroatoms. The molecule has 3 heterocycles. The van der Waals surface area contributed by atoms with E-state index in [1.165, 1.54) is 19.4 Å². The van der Waals surface area contributed by atoms with Gasteiger partial charge in [0.1, 0.15) is 5.02 Å². The molecule has 0 spiro atoms. The molecule has 18 heavy (non-hydrogen) atoms. The summed E-state index contributed by atoms with van der Waals surface area (Å²) in [5, 5.41) is 0.586. The summed E-state index contributed by atoms with van der Waals surface area (Å²) in [5.74, 6) is 1.07. The Morgan fingerprint density at radius 2 is 2.28 bits per heavy atom. The van der Waals surface area contributed by atoms with E-state index in [0.717, 1.165) is 18.9 Å². The standard InChI is InChI=1S/C12H18ClN5/c1-8-6-17-4-2-3-9(17)7-18(8)11-10(13)5-15-12(14)16-11/h5,8-9H,2-4,6-7H2,1H3,(H2,14,15,16). The number of rotatable bonds is 1. The van der Waals surface area contributed by atoms with Gasteiger partial charge in [0.05, 0.1) is 6.20 Å². The highest BCUT2D eigenvalue weighted by Crippen LogP contribution is 2.31. The Labute approximate surface area is 112 Å². The van der Waals surface area contributed by atoms with Crippen LogP contribution < -0.4 is 10.6 Å². The normalized spacial score (nSPS) is 28.4. The molecule has 0 bridgehead atoms. The summed E-state index contributed by atoms with van der Waals surface area (Å²) >= 11 is 6.20. The topological polar surface area (TPSA) is 58.3 Å². The number of anilines is 2. The summed E-state index contributed by atoms with van der Waals surface area (Å²) in [7, 11) is 0. The molecular weight excluding hydrogens is 250 g/mol. The SMILES string of the molecule is CC1CN2CCCC2CN1c1nc(N)ncc1Cl. The highest BCUT2D eigenvalue weighted by molar-refractivity contribution is 6.32. The third-order valence-electron chi connectivity index (χ3n) is 3.95. The van der Waals surface area contributed by atoms with Crippen molar-refractivity contribution >= 4 is 23.4 Å². The maximum absolute atomic E-state index is 6.20. The minimum absolute atomic E-state index is 0.287. The smallest absolute Gasteiger partial charge is 0.222 e. The summed E-state index contributed by atoms with van der Waals surface area (Å²) in [6.07, 6.45) is 4.15. The minimum Gasteiger partial charge on any atom is -0.368 e. The fraction of sp³-hybridized carbons (Fsp3) is 0.667. The summed E-state index contributed by atoms with van der Waals surface area (Å²) in [6, 6.07) is 1.04. The Balaban J connectivity index is 1.88. The maximum Gasteiger partial charge on any atom is 0.222 e. The molecule has 2 atom stereocenters. The first-order valence-electron chi connectivity index (χ1n) is 6.44. The monoisotopic (exact) mass is 267 g/mol. The number of fused-ring (bicyclic) bond motifs is 1. The molecule has 2 unspecified atom stereocenters. The van der Waals surface area contributed by atoms with Gasteiger partial charge >= 0.3 is 0 Å². The van der Waals surface area contributed by atoms with Crippen LogP contribution >= 0.6 is 11.6 Å². The van der Waals surface area contributed by atoms with Crippen LogP contribution in [0.5, 0.6) is 0 Å². The van der Waals surface area contributed by atoms with Gasteiger partial charge in [-0.3, -0.25) is 4.90 Å². The van der Waals surface area contributed by atoms with Gasteiger partial charge in [-0.05, 0) is 26.3 Å². The van der Waals surface area contributed by atoms with E-state index in [-0.39, 0.29) is 5.95 Å². The summed E-state index contributed by atoms with van der Waals surface area (Å²) in [4.78, 5) is 13.1. The lowest BCUT2D eigenvalue weighted by Crippen LogP contribution is -2.55. The molecular formula is C12H18ClN5. The molecule has 0 saturated carbocycles. The predicted molar refractivity (Wildman–Crippen MR) is 72.9 cm³/mol. The zero-order valence-corrected chi connectivity index (χ0v) is 11.3. The molecule has 3 rings (SSSR count). The molecule has 5 nitrogen and oxygen atoms in total. The summed E-state index contributed by atoms with van der Waals surface area (Å²) in [6.45, 7) is 5.49. The van der Waals surface area contributed by atoms with Crippen molar-refractivity contribution in [2.24, 2.45) is 0 Å². The first-order valence-corrected chi connectivity index (χ1v) is 6.81.